The van der Waals surface area contributed by atoms with E-state index in [1.165, 1.54) is 25.2 Å². The van der Waals surface area contributed by atoms with Crippen molar-refractivity contribution in [2.24, 2.45) is 5.73 Å². The standard InChI is InChI=1S/C16H13F3N2O2/c1-21(15-10(16(20)23)3-2-4-12(15)18)14(22)8-9-5-6-11(17)13(19)7-9/h2-7H,8H2,1H3,(H2,20,23). The minimum Gasteiger partial charge on any atom is -0.366 e. The second-order valence-electron chi connectivity index (χ2n) is 4.88. The molecule has 2 aromatic rings. The summed E-state index contributed by atoms with van der Waals surface area (Å²) in [6.07, 6.45) is -0.291. The van der Waals surface area contributed by atoms with Crippen LogP contribution in [0.4, 0.5) is 18.9 Å². The molecular weight excluding hydrogens is 309 g/mol. The summed E-state index contributed by atoms with van der Waals surface area (Å²) in [5.74, 6) is -4.39. The van der Waals surface area contributed by atoms with Gasteiger partial charge in [-0.25, -0.2) is 13.2 Å². The Morgan fingerprint density at radius 2 is 1.74 bits per heavy atom. The van der Waals surface area contributed by atoms with E-state index in [4.69, 9.17) is 5.73 Å². The van der Waals surface area contributed by atoms with Crippen LogP contribution in [0.2, 0.25) is 0 Å². The van der Waals surface area contributed by atoms with Gasteiger partial charge in [-0.1, -0.05) is 12.1 Å². The minimum atomic E-state index is -1.08. The third-order valence-electron chi connectivity index (χ3n) is 3.30. The van der Waals surface area contributed by atoms with Gasteiger partial charge in [-0.2, -0.15) is 0 Å². The first-order valence-electron chi connectivity index (χ1n) is 6.60. The third kappa shape index (κ3) is 3.50. The number of nitrogens with zero attached hydrogens (tertiary/aromatic N) is 1. The number of anilines is 1. The average Bonchev–Trinajstić information content (AvgIpc) is 2.50. The van der Waals surface area contributed by atoms with Crippen LogP contribution in [0.3, 0.4) is 0 Å². The van der Waals surface area contributed by atoms with Gasteiger partial charge < -0.3 is 10.6 Å². The first kappa shape index (κ1) is 16.5. The van der Waals surface area contributed by atoms with E-state index in [9.17, 15) is 22.8 Å². The third-order valence-corrected chi connectivity index (χ3v) is 3.30. The lowest BCUT2D eigenvalue weighted by atomic mass is 10.1. The van der Waals surface area contributed by atoms with Crippen molar-refractivity contribution in [2.45, 2.75) is 6.42 Å². The molecule has 2 N–H and O–H groups in total. The van der Waals surface area contributed by atoms with Crippen LogP contribution >= 0.6 is 0 Å². The second-order valence-corrected chi connectivity index (χ2v) is 4.88. The molecule has 0 aliphatic rings. The zero-order chi connectivity index (χ0) is 17.1. The second kappa shape index (κ2) is 6.51. The molecule has 0 heterocycles. The number of carbonyl (C=O) groups is 2. The first-order valence-corrected chi connectivity index (χ1v) is 6.60. The van der Waals surface area contributed by atoms with Crippen LogP contribution in [-0.2, 0) is 11.2 Å². The number of carbonyl (C=O) groups excluding carboxylic acids is 2. The minimum absolute atomic E-state index is 0.147. The molecule has 23 heavy (non-hydrogen) atoms. The highest BCUT2D eigenvalue weighted by Crippen LogP contribution is 2.24. The van der Waals surface area contributed by atoms with Gasteiger partial charge in [0, 0.05) is 7.05 Å². The lowest BCUT2D eigenvalue weighted by Crippen LogP contribution is -2.31. The van der Waals surface area contributed by atoms with Gasteiger partial charge in [0.25, 0.3) is 5.91 Å². The van der Waals surface area contributed by atoms with E-state index in [1.54, 1.807) is 0 Å². The number of hydrogen-bond acceptors (Lipinski definition) is 2. The Morgan fingerprint density at radius 3 is 2.35 bits per heavy atom. The molecule has 0 fully saturated rings. The van der Waals surface area contributed by atoms with E-state index in [2.05, 4.69) is 0 Å². The van der Waals surface area contributed by atoms with Gasteiger partial charge in [-0.05, 0) is 29.8 Å². The van der Waals surface area contributed by atoms with Gasteiger partial charge >= 0.3 is 0 Å². The summed E-state index contributed by atoms with van der Waals surface area (Å²) in [5, 5.41) is 0. The molecule has 2 aromatic carbocycles. The molecule has 0 spiro atoms. The Kier molecular flexibility index (Phi) is 4.68. The van der Waals surface area contributed by atoms with Gasteiger partial charge in [0.05, 0.1) is 17.7 Å². The molecule has 0 saturated heterocycles. The topological polar surface area (TPSA) is 63.4 Å². The summed E-state index contributed by atoms with van der Waals surface area (Å²) in [6.45, 7) is 0. The van der Waals surface area contributed by atoms with E-state index in [0.717, 1.165) is 23.1 Å². The molecule has 0 unspecified atom stereocenters. The maximum absolute atomic E-state index is 14.0. The van der Waals surface area contributed by atoms with Gasteiger partial charge in [-0.3, -0.25) is 9.59 Å². The number of nitrogens with two attached hydrogens (primary N) is 1. The number of primary amides is 1. The van der Waals surface area contributed by atoms with Crippen molar-refractivity contribution >= 4 is 17.5 Å². The fourth-order valence-electron chi connectivity index (χ4n) is 2.12. The summed E-state index contributed by atoms with van der Waals surface area (Å²) in [6, 6.07) is 6.71. The Hall–Kier alpha value is -2.83. The van der Waals surface area contributed by atoms with Crippen molar-refractivity contribution in [2.75, 3.05) is 11.9 Å². The van der Waals surface area contributed by atoms with E-state index in [-0.39, 0.29) is 23.2 Å². The number of amides is 2. The van der Waals surface area contributed by atoms with E-state index in [1.807, 2.05) is 0 Å². The summed E-state index contributed by atoms with van der Waals surface area (Å²) >= 11 is 0. The van der Waals surface area contributed by atoms with Crippen molar-refractivity contribution in [1.82, 2.24) is 0 Å². The predicted octanol–water partition coefficient (Wildman–Crippen LogP) is 2.41. The molecule has 0 aliphatic carbocycles. The summed E-state index contributed by atoms with van der Waals surface area (Å²) in [4.78, 5) is 24.5. The molecule has 0 radical (unpaired) electrons. The molecule has 0 aliphatic heterocycles. The quantitative estimate of drug-likeness (QED) is 0.939. The number of halogens is 3. The summed E-state index contributed by atoms with van der Waals surface area (Å²) in [7, 11) is 1.27. The van der Waals surface area contributed by atoms with Crippen LogP contribution in [-0.4, -0.2) is 18.9 Å². The molecule has 0 atom stereocenters. The summed E-state index contributed by atoms with van der Waals surface area (Å²) < 4.78 is 40.0. The molecule has 0 saturated carbocycles. The van der Waals surface area contributed by atoms with Gasteiger partial charge in [0.2, 0.25) is 5.91 Å². The fraction of sp³-hybridized carbons (Fsp3) is 0.125. The molecule has 2 amide bonds. The van der Waals surface area contributed by atoms with Crippen LogP contribution < -0.4 is 10.6 Å². The van der Waals surface area contributed by atoms with Gasteiger partial charge in [-0.15, -0.1) is 0 Å². The SMILES string of the molecule is CN(C(=O)Cc1ccc(F)c(F)c1)c1c(F)cccc1C(N)=O. The monoisotopic (exact) mass is 322 g/mol. The Balaban J connectivity index is 2.30. The van der Waals surface area contributed by atoms with Gasteiger partial charge in [0.1, 0.15) is 5.82 Å². The highest BCUT2D eigenvalue weighted by Gasteiger charge is 2.21. The molecule has 7 heteroatoms. The average molecular weight is 322 g/mol. The van der Waals surface area contributed by atoms with Crippen molar-refractivity contribution in [3.8, 4) is 0 Å². The first-order chi connectivity index (χ1) is 10.8. The van der Waals surface area contributed by atoms with Crippen LogP contribution in [0.25, 0.3) is 0 Å². The molecular formula is C16H13F3N2O2. The van der Waals surface area contributed by atoms with Crippen molar-refractivity contribution in [1.29, 1.82) is 0 Å². The number of hydrogen-bond donors (Lipinski definition) is 1. The van der Waals surface area contributed by atoms with Crippen molar-refractivity contribution < 1.29 is 22.8 Å². The maximum atomic E-state index is 14.0. The van der Waals surface area contributed by atoms with E-state index >= 15 is 0 Å². The Labute approximate surface area is 130 Å². The maximum Gasteiger partial charge on any atom is 0.250 e. The highest BCUT2D eigenvalue weighted by atomic mass is 19.2. The normalized spacial score (nSPS) is 10.4. The predicted molar refractivity (Wildman–Crippen MR) is 78.4 cm³/mol. The molecule has 120 valence electrons. The number of likely N-dealkylation sites (N-methyl/N-ethyl adjacent to an activating group) is 1. The fourth-order valence-corrected chi connectivity index (χ4v) is 2.12. The van der Waals surface area contributed by atoms with Crippen LogP contribution in [0.1, 0.15) is 15.9 Å². The van der Waals surface area contributed by atoms with Crippen molar-refractivity contribution in [3.05, 3.63) is 65.0 Å². The van der Waals surface area contributed by atoms with Crippen LogP contribution in [0.5, 0.6) is 0 Å². The highest BCUT2D eigenvalue weighted by molar-refractivity contribution is 6.04. The van der Waals surface area contributed by atoms with Gasteiger partial charge in [0.15, 0.2) is 11.6 Å². The van der Waals surface area contributed by atoms with Crippen LogP contribution in [0, 0.1) is 17.5 Å². The lowest BCUT2D eigenvalue weighted by molar-refractivity contribution is -0.117. The number of para-hydroxylation sites is 1. The van der Waals surface area contributed by atoms with E-state index < -0.39 is 29.3 Å². The number of benzene rings is 2. The van der Waals surface area contributed by atoms with E-state index in [0.29, 0.717) is 0 Å². The lowest BCUT2D eigenvalue weighted by Gasteiger charge is -2.20. The molecule has 2 rings (SSSR count). The Morgan fingerprint density at radius 1 is 1.04 bits per heavy atom. The zero-order valence-electron chi connectivity index (χ0n) is 12.1. The molecule has 0 bridgehead atoms. The largest absolute Gasteiger partial charge is 0.366 e. The smallest absolute Gasteiger partial charge is 0.250 e. The molecule has 4 nitrogen and oxygen atoms in total. The van der Waals surface area contributed by atoms with Crippen molar-refractivity contribution in [3.63, 3.8) is 0 Å². The van der Waals surface area contributed by atoms with Crippen LogP contribution in [0.15, 0.2) is 36.4 Å². The zero-order valence-corrected chi connectivity index (χ0v) is 12.1. The Bertz CT molecular complexity index is 778. The number of rotatable bonds is 4. The molecule has 0 aromatic heterocycles. The summed E-state index contributed by atoms with van der Waals surface area (Å²) in [5.41, 5.74) is 4.99.